The Kier molecular flexibility index (Phi) is 5.99. The smallest absolute Gasteiger partial charge is 0.0137 e. The van der Waals surface area contributed by atoms with Crippen LogP contribution in [0.25, 0.3) is 5.57 Å². The van der Waals surface area contributed by atoms with Crippen LogP contribution in [0.1, 0.15) is 44.6 Å². The first-order valence-electron chi connectivity index (χ1n) is 7.38. The third-order valence-electron chi connectivity index (χ3n) is 3.78. The van der Waals surface area contributed by atoms with E-state index in [4.69, 9.17) is 0 Å². The zero-order chi connectivity index (χ0) is 13.5. The summed E-state index contributed by atoms with van der Waals surface area (Å²) in [6.45, 7) is 3.12. The largest absolute Gasteiger partial charge is 0.316 e. The standard InChI is InChI=1S/C17H25NS/c1-14(12-13-18-2)15-8-10-17(11-9-15)19-16-6-4-3-5-7-16/h8-12,16,18H,3-7,13H2,1-2H3. The maximum Gasteiger partial charge on any atom is 0.0137 e. The average Bonchev–Trinajstić information content (AvgIpc) is 2.46. The van der Waals surface area contributed by atoms with Gasteiger partial charge in [0, 0.05) is 16.7 Å². The highest BCUT2D eigenvalue weighted by atomic mass is 32.2. The molecule has 0 atom stereocenters. The van der Waals surface area contributed by atoms with Crippen LogP contribution >= 0.6 is 11.8 Å². The van der Waals surface area contributed by atoms with E-state index in [0.29, 0.717) is 0 Å². The molecule has 0 radical (unpaired) electrons. The summed E-state index contributed by atoms with van der Waals surface area (Å²) in [7, 11) is 1.98. The number of hydrogen-bond acceptors (Lipinski definition) is 2. The summed E-state index contributed by atoms with van der Waals surface area (Å²) in [5, 5.41) is 4.00. The fourth-order valence-corrected chi connectivity index (χ4v) is 3.79. The van der Waals surface area contributed by atoms with Crippen molar-refractivity contribution in [2.24, 2.45) is 0 Å². The molecule has 19 heavy (non-hydrogen) atoms. The van der Waals surface area contributed by atoms with Gasteiger partial charge in [0.1, 0.15) is 0 Å². The molecule has 0 aliphatic heterocycles. The SMILES string of the molecule is CNCC=C(C)c1ccc(SC2CCCCC2)cc1. The molecule has 2 heteroatoms. The third-order valence-corrected chi connectivity index (χ3v) is 5.13. The maximum absolute atomic E-state index is 3.15. The summed E-state index contributed by atoms with van der Waals surface area (Å²) in [4.78, 5) is 1.43. The van der Waals surface area contributed by atoms with Crippen molar-refractivity contribution in [3.05, 3.63) is 35.9 Å². The molecule has 0 aromatic heterocycles. The molecule has 0 heterocycles. The number of nitrogens with one attached hydrogen (secondary N) is 1. The lowest BCUT2D eigenvalue weighted by Gasteiger charge is -2.21. The van der Waals surface area contributed by atoms with E-state index in [9.17, 15) is 0 Å². The Bertz CT molecular complexity index is 402. The molecule has 104 valence electrons. The van der Waals surface area contributed by atoms with Crippen LogP contribution in [0.3, 0.4) is 0 Å². The van der Waals surface area contributed by atoms with E-state index < -0.39 is 0 Å². The summed E-state index contributed by atoms with van der Waals surface area (Å²) in [6.07, 6.45) is 9.30. The average molecular weight is 275 g/mol. The number of allylic oxidation sites excluding steroid dienone is 1. The van der Waals surface area contributed by atoms with Crippen molar-refractivity contribution in [1.82, 2.24) is 5.32 Å². The summed E-state index contributed by atoms with van der Waals surface area (Å²) in [6, 6.07) is 9.08. The summed E-state index contributed by atoms with van der Waals surface area (Å²) >= 11 is 2.07. The van der Waals surface area contributed by atoms with Gasteiger partial charge in [0.15, 0.2) is 0 Å². The van der Waals surface area contributed by atoms with Gasteiger partial charge in [-0.15, -0.1) is 11.8 Å². The van der Waals surface area contributed by atoms with Crippen LogP contribution in [-0.4, -0.2) is 18.8 Å². The second-order valence-electron chi connectivity index (χ2n) is 5.35. The molecule has 1 aliphatic carbocycles. The number of hydrogen-bond donors (Lipinski definition) is 1. The lowest BCUT2D eigenvalue weighted by molar-refractivity contribution is 0.516. The first kappa shape index (κ1) is 14.7. The minimum Gasteiger partial charge on any atom is -0.316 e. The molecule has 0 amide bonds. The fraction of sp³-hybridized carbons (Fsp3) is 0.529. The van der Waals surface area contributed by atoms with E-state index in [-0.39, 0.29) is 0 Å². The second kappa shape index (κ2) is 7.76. The normalized spacial score (nSPS) is 17.7. The predicted molar refractivity (Wildman–Crippen MR) is 86.7 cm³/mol. The molecule has 0 unspecified atom stereocenters. The zero-order valence-corrected chi connectivity index (χ0v) is 12.9. The van der Waals surface area contributed by atoms with Gasteiger partial charge in [-0.3, -0.25) is 0 Å². The Hall–Kier alpha value is -0.730. The van der Waals surface area contributed by atoms with Gasteiger partial charge >= 0.3 is 0 Å². The Labute approximate surface area is 121 Å². The van der Waals surface area contributed by atoms with Crippen LogP contribution in [-0.2, 0) is 0 Å². The van der Waals surface area contributed by atoms with Gasteiger partial charge in [-0.2, -0.15) is 0 Å². The van der Waals surface area contributed by atoms with Gasteiger partial charge in [0.05, 0.1) is 0 Å². The van der Waals surface area contributed by atoms with Crippen molar-refractivity contribution >= 4 is 17.3 Å². The first-order chi connectivity index (χ1) is 9.29. The van der Waals surface area contributed by atoms with E-state index >= 15 is 0 Å². The van der Waals surface area contributed by atoms with E-state index in [1.54, 1.807) is 0 Å². The molecule has 0 spiro atoms. The van der Waals surface area contributed by atoms with Crippen molar-refractivity contribution in [2.75, 3.05) is 13.6 Å². The van der Waals surface area contributed by atoms with Crippen LogP contribution in [0, 0.1) is 0 Å². The van der Waals surface area contributed by atoms with Crippen LogP contribution in [0.5, 0.6) is 0 Å². The van der Waals surface area contributed by atoms with Gasteiger partial charge in [-0.1, -0.05) is 37.5 Å². The molecule has 2 rings (SSSR count). The lowest BCUT2D eigenvalue weighted by Crippen LogP contribution is -2.07. The van der Waals surface area contributed by atoms with Gasteiger partial charge in [0.25, 0.3) is 0 Å². The number of thioether (sulfide) groups is 1. The molecular weight excluding hydrogens is 250 g/mol. The van der Waals surface area contributed by atoms with E-state index in [1.165, 1.54) is 48.1 Å². The van der Waals surface area contributed by atoms with Gasteiger partial charge in [-0.25, -0.2) is 0 Å². The lowest BCUT2D eigenvalue weighted by atomic mass is 10.0. The molecular formula is C17H25NS. The van der Waals surface area contributed by atoms with Gasteiger partial charge in [-0.05, 0) is 50.1 Å². The molecule has 1 N–H and O–H groups in total. The Morgan fingerprint density at radius 1 is 1.21 bits per heavy atom. The van der Waals surface area contributed by atoms with E-state index in [0.717, 1.165) is 11.8 Å². The number of rotatable bonds is 5. The van der Waals surface area contributed by atoms with Crippen molar-refractivity contribution in [3.8, 4) is 0 Å². The van der Waals surface area contributed by atoms with E-state index in [1.807, 2.05) is 7.05 Å². The Morgan fingerprint density at radius 3 is 2.53 bits per heavy atom. The topological polar surface area (TPSA) is 12.0 Å². The second-order valence-corrected chi connectivity index (χ2v) is 6.72. The molecule has 0 bridgehead atoms. The highest BCUT2D eigenvalue weighted by Gasteiger charge is 2.14. The monoisotopic (exact) mass is 275 g/mol. The van der Waals surface area contributed by atoms with Crippen molar-refractivity contribution in [3.63, 3.8) is 0 Å². The van der Waals surface area contributed by atoms with Crippen LogP contribution in [0.4, 0.5) is 0 Å². The Balaban J connectivity index is 1.93. The number of benzene rings is 1. The predicted octanol–water partition coefficient (Wildman–Crippen LogP) is 4.73. The highest BCUT2D eigenvalue weighted by molar-refractivity contribution is 8.00. The van der Waals surface area contributed by atoms with Crippen LogP contribution in [0.15, 0.2) is 35.2 Å². The molecule has 1 fully saturated rings. The van der Waals surface area contributed by atoms with Crippen molar-refractivity contribution in [1.29, 1.82) is 0 Å². The summed E-state index contributed by atoms with van der Waals surface area (Å²) in [5.41, 5.74) is 2.69. The molecule has 1 aromatic carbocycles. The fourth-order valence-electron chi connectivity index (χ4n) is 2.54. The maximum atomic E-state index is 3.15. The van der Waals surface area contributed by atoms with Crippen LogP contribution < -0.4 is 5.32 Å². The quantitative estimate of drug-likeness (QED) is 0.833. The first-order valence-corrected chi connectivity index (χ1v) is 8.26. The van der Waals surface area contributed by atoms with Gasteiger partial charge < -0.3 is 5.32 Å². The minimum atomic E-state index is 0.848. The Morgan fingerprint density at radius 2 is 1.89 bits per heavy atom. The molecule has 1 aromatic rings. The molecule has 1 nitrogen and oxygen atoms in total. The van der Waals surface area contributed by atoms with Crippen molar-refractivity contribution in [2.45, 2.75) is 49.2 Å². The molecule has 1 saturated carbocycles. The van der Waals surface area contributed by atoms with Crippen LogP contribution in [0.2, 0.25) is 0 Å². The number of likely N-dealkylation sites (N-methyl/N-ethyl adjacent to an activating group) is 1. The highest BCUT2D eigenvalue weighted by Crippen LogP contribution is 2.33. The molecule has 0 saturated heterocycles. The third kappa shape index (κ3) is 4.70. The van der Waals surface area contributed by atoms with Gasteiger partial charge in [0.2, 0.25) is 0 Å². The zero-order valence-electron chi connectivity index (χ0n) is 12.1. The molecule has 1 aliphatic rings. The minimum absolute atomic E-state index is 0.848. The van der Waals surface area contributed by atoms with Crippen molar-refractivity contribution < 1.29 is 0 Å². The summed E-state index contributed by atoms with van der Waals surface area (Å²) < 4.78 is 0. The van der Waals surface area contributed by atoms with E-state index in [2.05, 4.69) is 54.3 Å². The summed E-state index contributed by atoms with van der Waals surface area (Å²) in [5.74, 6) is 0.